The first kappa shape index (κ1) is 23.7. The molecule has 6 nitrogen and oxygen atoms in total. The van der Waals surface area contributed by atoms with Gasteiger partial charge in [0.1, 0.15) is 0 Å². The SMILES string of the molecule is COCC(NC(=O)NCCc1ccc(S(C)(=O)=O)cc1)c1cccc(C(F)(F)F)c1. The second-order valence-electron chi connectivity index (χ2n) is 6.70. The first-order valence-electron chi connectivity index (χ1n) is 9.00. The Bertz CT molecular complexity index is 961. The lowest BCUT2D eigenvalue weighted by atomic mass is 10.0. The van der Waals surface area contributed by atoms with E-state index in [-0.39, 0.29) is 23.6 Å². The molecule has 1 unspecified atom stereocenters. The summed E-state index contributed by atoms with van der Waals surface area (Å²) in [4.78, 5) is 12.4. The average Bonchev–Trinajstić information content (AvgIpc) is 2.67. The third-order valence-corrected chi connectivity index (χ3v) is 5.43. The Morgan fingerprint density at radius 3 is 2.37 bits per heavy atom. The highest BCUT2D eigenvalue weighted by Crippen LogP contribution is 2.30. The van der Waals surface area contributed by atoms with Crippen LogP contribution < -0.4 is 10.6 Å². The van der Waals surface area contributed by atoms with Gasteiger partial charge < -0.3 is 15.4 Å². The third kappa shape index (κ3) is 7.03. The van der Waals surface area contributed by atoms with Crippen molar-refractivity contribution in [2.24, 2.45) is 0 Å². The van der Waals surface area contributed by atoms with E-state index in [1.54, 1.807) is 12.1 Å². The molecule has 2 rings (SSSR count). The van der Waals surface area contributed by atoms with Gasteiger partial charge in [0.15, 0.2) is 9.84 Å². The van der Waals surface area contributed by atoms with Crippen LogP contribution in [0.1, 0.15) is 22.7 Å². The molecule has 0 radical (unpaired) electrons. The van der Waals surface area contributed by atoms with Crippen molar-refractivity contribution < 1.29 is 31.1 Å². The summed E-state index contributed by atoms with van der Waals surface area (Å²) < 4.78 is 66.7. The first-order valence-corrected chi connectivity index (χ1v) is 10.9. The number of ether oxygens (including phenoxy) is 1. The van der Waals surface area contributed by atoms with Gasteiger partial charge in [-0.25, -0.2) is 13.2 Å². The van der Waals surface area contributed by atoms with Crippen LogP contribution in [-0.4, -0.2) is 41.0 Å². The zero-order chi connectivity index (χ0) is 22.4. The van der Waals surface area contributed by atoms with Gasteiger partial charge in [0.25, 0.3) is 0 Å². The van der Waals surface area contributed by atoms with Crippen LogP contribution in [0.15, 0.2) is 53.4 Å². The van der Waals surface area contributed by atoms with Crippen LogP contribution in [0.2, 0.25) is 0 Å². The van der Waals surface area contributed by atoms with Crippen molar-refractivity contribution in [2.45, 2.75) is 23.5 Å². The van der Waals surface area contributed by atoms with Crippen LogP contribution in [0.5, 0.6) is 0 Å². The summed E-state index contributed by atoms with van der Waals surface area (Å²) in [5.41, 5.74) is 0.299. The van der Waals surface area contributed by atoms with Crippen molar-refractivity contribution in [1.82, 2.24) is 10.6 Å². The van der Waals surface area contributed by atoms with Gasteiger partial charge in [-0.15, -0.1) is 0 Å². The summed E-state index contributed by atoms with van der Waals surface area (Å²) in [7, 11) is -1.88. The Labute approximate surface area is 173 Å². The third-order valence-electron chi connectivity index (χ3n) is 4.31. The summed E-state index contributed by atoms with van der Waals surface area (Å²) in [6.45, 7) is 0.258. The topological polar surface area (TPSA) is 84.5 Å². The fourth-order valence-electron chi connectivity index (χ4n) is 2.75. The number of sulfone groups is 1. The van der Waals surface area contributed by atoms with E-state index in [9.17, 15) is 26.4 Å². The molecule has 2 amide bonds. The van der Waals surface area contributed by atoms with E-state index in [1.165, 1.54) is 31.4 Å². The summed E-state index contributed by atoms with van der Waals surface area (Å²) in [6.07, 6.45) is -2.91. The number of rotatable bonds is 8. The number of benzene rings is 2. The second kappa shape index (κ2) is 9.94. The maximum Gasteiger partial charge on any atom is 0.416 e. The van der Waals surface area contributed by atoms with Gasteiger partial charge in [-0.05, 0) is 41.8 Å². The summed E-state index contributed by atoms with van der Waals surface area (Å²) in [5.74, 6) is 0. The molecule has 0 aromatic heterocycles. The fraction of sp³-hybridized carbons (Fsp3) is 0.350. The predicted octanol–water partition coefficient (Wildman–Crippen LogP) is 3.34. The van der Waals surface area contributed by atoms with Crippen LogP contribution in [0.25, 0.3) is 0 Å². The van der Waals surface area contributed by atoms with Crippen LogP contribution >= 0.6 is 0 Å². The summed E-state index contributed by atoms with van der Waals surface area (Å²) in [6, 6.07) is 9.70. The Kier molecular flexibility index (Phi) is 7.85. The molecule has 2 aromatic rings. The van der Waals surface area contributed by atoms with Crippen molar-refractivity contribution in [1.29, 1.82) is 0 Å². The molecule has 0 saturated heterocycles. The van der Waals surface area contributed by atoms with E-state index in [1.807, 2.05) is 0 Å². The van der Waals surface area contributed by atoms with Gasteiger partial charge in [-0.3, -0.25) is 0 Å². The summed E-state index contributed by atoms with van der Waals surface area (Å²) >= 11 is 0. The lowest BCUT2D eigenvalue weighted by molar-refractivity contribution is -0.137. The smallest absolute Gasteiger partial charge is 0.382 e. The first-order chi connectivity index (χ1) is 14.0. The number of hydrogen-bond acceptors (Lipinski definition) is 4. The van der Waals surface area contributed by atoms with E-state index in [0.717, 1.165) is 24.0 Å². The predicted molar refractivity (Wildman–Crippen MR) is 106 cm³/mol. The molecule has 0 fully saturated rings. The van der Waals surface area contributed by atoms with Gasteiger partial charge in [0.05, 0.1) is 23.1 Å². The lowest BCUT2D eigenvalue weighted by Crippen LogP contribution is -2.40. The van der Waals surface area contributed by atoms with Gasteiger partial charge >= 0.3 is 12.2 Å². The normalized spacial score (nSPS) is 13.0. The van der Waals surface area contributed by atoms with Crippen molar-refractivity contribution in [3.8, 4) is 0 Å². The number of alkyl halides is 3. The number of carbonyl (C=O) groups is 1. The van der Waals surface area contributed by atoms with E-state index >= 15 is 0 Å². The minimum atomic E-state index is -4.48. The molecule has 0 spiro atoms. The minimum absolute atomic E-state index is 0.00167. The summed E-state index contributed by atoms with van der Waals surface area (Å²) in [5, 5.41) is 5.24. The number of carbonyl (C=O) groups excluding carboxylic acids is 1. The van der Waals surface area contributed by atoms with Gasteiger partial charge in [-0.2, -0.15) is 13.2 Å². The average molecular weight is 444 g/mol. The Morgan fingerprint density at radius 1 is 1.13 bits per heavy atom. The van der Waals surface area contributed by atoms with Crippen molar-refractivity contribution in [3.63, 3.8) is 0 Å². The number of halogens is 3. The molecule has 0 aliphatic carbocycles. The van der Waals surface area contributed by atoms with Crippen molar-refractivity contribution in [3.05, 3.63) is 65.2 Å². The molecule has 2 aromatic carbocycles. The van der Waals surface area contributed by atoms with E-state index in [2.05, 4.69) is 10.6 Å². The standard InChI is InChI=1S/C20H23F3N2O4S/c1-29-13-18(15-4-3-5-16(12-15)20(21,22)23)25-19(26)24-11-10-14-6-8-17(9-7-14)30(2,27)28/h3-9,12,18H,10-11,13H2,1-2H3,(H2,24,25,26). The molecule has 0 aliphatic heterocycles. The van der Waals surface area contributed by atoms with E-state index < -0.39 is 33.6 Å². The molecule has 0 saturated carbocycles. The number of methoxy groups -OCH3 is 1. The number of nitrogens with one attached hydrogen (secondary N) is 2. The second-order valence-corrected chi connectivity index (χ2v) is 8.71. The number of hydrogen-bond donors (Lipinski definition) is 2. The van der Waals surface area contributed by atoms with E-state index in [0.29, 0.717) is 6.42 Å². The molecule has 164 valence electrons. The van der Waals surface area contributed by atoms with Crippen LogP contribution in [-0.2, 0) is 27.2 Å². The maximum absolute atomic E-state index is 12.9. The zero-order valence-corrected chi connectivity index (χ0v) is 17.3. The molecule has 30 heavy (non-hydrogen) atoms. The molecule has 0 bridgehead atoms. The number of urea groups is 1. The van der Waals surface area contributed by atoms with Crippen LogP contribution in [0.3, 0.4) is 0 Å². The zero-order valence-electron chi connectivity index (χ0n) is 16.5. The minimum Gasteiger partial charge on any atom is -0.382 e. The fourth-order valence-corrected chi connectivity index (χ4v) is 3.38. The monoisotopic (exact) mass is 444 g/mol. The molecule has 0 heterocycles. The van der Waals surface area contributed by atoms with Crippen LogP contribution in [0, 0.1) is 0 Å². The quantitative estimate of drug-likeness (QED) is 0.654. The molecule has 2 N–H and O–H groups in total. The van der Waals surface area contributed by atoms with E-state index in [4.69, 9.17) is 4.74 Å². The molecule has 10 heteroatoms. The molecular weight excluding hydrogens is 421 g/mol. The highest BCUT2D eigenvalue weighted by atomic mass is 32.2. The van der Waals surface area contributed by atoms with Gasteiger partial charge in [-0.1, -0.05) is 24.3 Å². The molecule has 1 atom stereocenters. The Balaban J connectivity index is 1.94. The largest absolute Gasteiger partial charge is 0.416 e. The number of amides is 2. The Morgan fingerprint density at radius 2 is 1.80 bits per heavy atom. The highest BCUT2D eigenvalue weighted by Gasteiger charge is 2.31. The molecular formula is C20H23F3N2O4S. The van der Waals surface area contributed by atoms with Crippen molar-refractivity contribution in [2.75, 3.05) is 26.5 Å². The van der Waals surface area contributed by atoms with Gasteiger partial charge in [0, 0.05) is 19.9 Å². The highest BCUT2D eigenvalue weighted by molar-refractivity contribution is 7.90. The maximum atomic E-state index is 12.9. The molecule has 0 aliphatic rings. The van der Waals surface area contributed by atoms with Crippen LogP contribution in [0.4, 0.5) is 18.0 Å². The lowest BCUT2D eigenvalue weighted by Gasteiger charge is -2.20. The van der Waals surface area contributed by atoms with Crippen molar-refractivity contribution >= 4 is 15.9 Å². The van der Waals surface area contributed by atoms with Gasteiger partial charge in [0.2, 0.25) is 0 Å². The Hall–Kier alpha value is -2.59.